The van der Waals surface area contributed by atoms with E-state index in [1.165, 1.54) is 26.6 Å². The van der Waals surface area contributed by atoms with Crippen molar-refractivity contribution in [2.75, 3.05) is 5.32 Å². The van der Waals surface area contributed by atoms with Gasteiger partial charge < -0.3 is 5.32 Å². The van der Waals surface area contributed by atoms with Gasteiger partial charge in [0.1, 0.15) is 0 Å². The van der Waals surface area contributed by atoms with Crippen molar-refractivity contribution >= 4 is 66.9 Å². The van der Waals surface area contributed by atoms with E-state index in [0.29, 0.717) is 17.2 Å². The van der Waals surface area contributed by atoms with Gasteiger partial charge in [-0.3, -0.25) is 9.59 Å². The molecule has 23 heavy (non-hydrogen) atoms. The van der Waals surface area contributed by atoms with Crippen molar-refractivity contribution in [3.63, 3.8) is 0 Å². The Morgan fingerprint density at radius 2 is 1.78 bits per heavy atom. The SMILES string of the molecule is CC(C)c1ccc(C=O)c(NC(=O)C(C)(C)C)c1.S=S=S=S=S. The quantitative estimate of drug-likeness (QED) is 0.778. The smallest absolute Gasteiger partial charge is 0.229 e. The van der Waals surface area contributed by atoms with Crippen LogP contribution in [0.1, 0.15) is 56.5 Å². The molecule has 0 aliphatic heterocycles. The lowest BCUT2D eigenvalue weighted by atomic mass is 9.94. The van der Waals surface area contributed by atoms with E-state index in [1.54, 1.807) is 6.07 Å². The van der Waals surface area contributed by atoms with E-state index in [1.807, 2.05) is 32.9 Å². The fourth-order valence-corrected chi connectivity index (χ4v) is 4.21. The van der Waals surface area contributed by atoms with Crippen molar-refractivity contribution in [1.29, 1.82) is 0 Å². The molecule has 8 heteroatoms. The van der Waals surface area contributed by atoms with Crippen molar-refractivity contribution in [1.82, 2.24) is 0 Å². The molecule has 1 amide bonds. The van der Waals surface area contributed by atoms with Crippen LogP contribution in [-0.2, 0) is 53.8 Å². The Labute approximate surface area is 156 Å². The van der Waals surface area contributed by atoms with E-state index in [-0.39, 0.29) is 5.91 Å². The number of carbonyl (C=O) groups is 2. The Morgan fingerprint density at radius 1 is 1.22 bits per heavy atom. The monoisotopic (exact) mass is 407 g/mol. The van der Waals surface area contributed by atoms with Gasteiger partial charge in [-0.2, -0.15) is 0 Å². The first-order chi connectivity index (χ1) is 10.7. The number of hydrogen-bond acceptors (Lipinski definition) is 4. The standard InChI is InChI=1S/C15H21NO2.S5/c1-10(2)11-6-7-12(9-17)13(8-11)16-14(18)15(3,4)5;1-3-5-4-2/h6-10H,1-5H3,(H,16,18);. The molecule has 0 aromatic heterocycles. The first-order valence-electron chi connectivity index (χ1n) is 6.83. The zero-order valence-electron chi connectivity index (χ0n) is 13.7. The molecule has 0 spiro atoms. The minimum Gasteiger partial charge on any atom is -0.325 e. The van der Waals surface area contributed by atoms with Crippen molar-refractivity contribution in [3.05, 3.63) is 29.3 Å². The maximum Gasteiger partial charge on any atom is 0.229 e. The fourth-order valence-electron chi connectivity index (χ4n) is 1.47. The van der Waals surface area contributed by atoms with Crippen LogP contribution in [0.5, 0.6) is 0 Å². The second kappa shape index (κ2) is 11.1. The van der Waals surface area contributed by atoms with Gasteiger partial charge in [-0.05, 0) is 23.6 Å². The molecular weight excluding hydrogens is 387 g/mol. The van der Waals surface area contributed by atoms with Crippen LogP contribution in [-0.4, -0.2) is 12.2 Å². The van der Waals surface area contributed by atoms with Gasteiger partial charge in [0.2, 0.25) is 5.91 Å². The molecule has 0 aliphatic rings. The van der Waals surface area contributed by atoms with Crippen LogP contribution in [0.4, 0.5) is 5.69 Å². The number of carbonyl (C=O) groups excluding carboxylic acids is 2. The highest BCUT2D eigenvalue weighted by Gasteiger charge is 2.22. The zero-order valence-corrected chi connectivity index (χ0v) is 17.8. The summed E-state index contributed by atoms with van der Waals surface area (Å²) in [5.74, 6) is 0.266. The Hall–Kier alpha value is -0.540. The molecule has 128 valence electrons. The van der Waals surface area contributed by atoms with Gasteiger partial charge in [-0.15, -0.1) is 0 Å². The molecule has 0 radical (unpaired) electrons. The second-order valence-corrected chi connectivity index (χ2v) is 11.3. The molecule has 1 aromatic carbocycles. The average molecular weight is 408 g/mol. The van der Waals surface area contributed by atoms with Gasteiger partial charge in [0, 0.05) is 60.0 Å². The molecule has 0 unspecified atom stereocenters. The van der Waals surface area contributed by atoms with Crippen molar-refractivity contribution in [2.45, 2.75) is 40.5 Å². The molecule has 0 heterocycles. The van der Waals surface area contributed by atoms with Crippen LogP contribution in [0.3, 0.4) is 0 Å². The Bertz CT molecular complexity index is 666. The molecule has 0 saturated heterocycles. The number of nitrogens with one attached hydrogen (secondary N) is 1. The second-order valence-electron chi connectivity index (χ2n) is 6.03. The lowest BCUT2D eigenvalue weighted by Gasteiger charge is -2.19. The normalized spacial score (nSPS) is 10.2. The van der Waals surface area contributed by atoms with Crippen molar-refractivity contribution in [2.24, 2.45) is 5.41 Å². The highest BCUT2D eigenvalue weighted by atomic mass is 33.3. The summed E-state index contributed by atoms with van der Waals surface area (Å²) >= 11 is 8.89. The van der Waals surface area contributed by atoms with E-state index < -0.39 is 5.41 Å². The molecule has 0 saturated carbocycles. The lowest BCUT2D eigenvalue weighted by Crippen LogP contribution is -2.28. The molecule has 0 atom stereocenters. The topological polar surface area (TPSA) is 46.2 Å². The van der Waals surface area contributed by atoms with Gasteiger partial charge in [0.25, 0.3) is 0 Å². The number of benzene rings is 1. The van der Waals surface area contributed by atoms with Crippen LogP contribution in [0.25, 0.3) is 0 Å². The van der Waals surface area contributed by atoms with Crippen LogP contribution in [0.2, 0.25) is 0 Å². The van der Waals surface area contributed by atoms with Gasteiger partial charge >= 0.3 is 0 Å². The molecule has 1 aromatic rings. The average Bonchev–Trinajstić information content (AvgIpc) is 2.47. The highest BCUT2D eigenvalue weighted by molar-refractivity contribution is 8.59. The molecule has 3 nitrogen and oxygen atoms in total. The van der Waals surface area contributed by atoms with Crippen LogP contribution in [0, 0.1) is 5.41 Å². The van der Waals surface area contributed by atoms with E-state index in [0.717, 1.165) is 11.8 Å². The maximum absolute atomic E-state index is 12.0. The minimum absolute atomic E-state index is 0.0912. The van der Waals surface area contributed by atoms with Crippen molar-refractivity contribution < 1.29 is 9.59 Å². The highest BCUT2D eigenvalue weighted by Crippen LogP contribution is 2.24. The predicted octanol–water partition coefficient (Wildman–Crippen LogP) is 3.60. The van der Waals surface area contributed by atoms with Crippen LogP contribution in [0.15, 0.2) is 18.2 Å². The minimum atomic E-state index is -0.478. The Kier molecular flexibility index (Phi) is 10.8. The molecule has 0 bridgehead atoms. The summed E-state index contributed by atoms with van der Waals surface area (Å²) in [5, 5.41) is 2.83. The third kappa shape index (κ3) is 8.76. The van der Waals surface area contributed by atoms with Gasteiger partial charge in [0.05, 0.1) is 5.69 Å². The van der Waals surface area contributed by atoms with Gasteiger partial charge in [-0.25, -0.2) is 0 Å². The summed E-state index contributed by atoms with van der Waals surface area (Å²) in [4.78, 5) is 22.9. The van der Waals surface area contributed by atoms with E-state index >= 15 is 0 Å². The molecule has 0 aliphatic carbocycles. The maximum atomic E-state index is 12.0. The largest absolute Gasteiger partial charge is 0.325 e. The predicted molar refractivity (Wildman–Crippen MR) is 111 cm³/mol. The third-order valence-corrected chi connectivity index (χ3v) is 7.30. The first-order valence-corrected chi connectivity index (χ1v) is 12.2. The molecule has 1 rings (SSSR count). The summed E-state index contributed by atoms with van der Waals surface area (Å²) in [6.45, 7) is 9.68. The molecule has 0 fully saturated rings. The summed E-state index contributed by atoms with van der Waals surface area (Å²) in [6, 6.07) is 5.54. The lowest BCUT2D eigenvalue weighted by molar-refractivity contribution is -0.123. The summed E-state index contributed by atoms with van der Waals surface area (Å²) in [6.07, 6.45) is 0.766. The van der Waals surface area contributed by atoms with Crippen molar-refractivity contribution in [3.8, 4) is 0 Å². The van der Waals surface area contributed by atoms with Gasteiger partial charge in [0.15, 0.2) is 6.29 Å². The third-order valence-electron chi connectivity index (χ3n) is 2.86. The Balaban J connectivity index is 0.000000841. The summed E-state index contributed by atoms with van der Waals surface area (Å²) in [7, 11) is 3.95. The number of aldehydes is 1. The van der Waals surface area contributed by atoms with E-state index in [9.17, 15) is 9.59 Å². The Morgan fingerprint density at radius 3 is 2.13 bits per heavy atom. The number of hydrogen-bond donors (Lipinski definition) is 1. The van der Waals surface area contributed by atoms with E-state index in [2.05, 4.69) is 41.5 Å². The number of amides is 1. The summed E-state index contributed by atoms with van der Waals surface area (Å²) in [5.41, 5.74) is 1.73. The zero-order chi connectivity index (χ0) is 18.0. The molecular formula is C15H21NO2S5. The van der Waals surface area contributed by atoms with Crippen LogP contribution >= 0.6 is 0 Å². The first kappa shape index (κ1) is 22.5. The number of anilines is 1. The molecule has 1 N–H and O–H groups in total. The fraction of sp³-hybridized carbons (Fsp3) is 0.467. The number of rotatable bonds is 3. The van der Waals surface area contributed by atoms with Gasteiger partial charge in [-0.1, -0.05) is 40.7 Å². The van der Waals surface area contributed by atoms with Crippen LogP contribution < -0.4 is 5.32 Å². The van der Waals surface area contributed by atoms with E-state index in [4.69, 9.17) is 0 Å². The summed E-state index contributed by atoms with van der Waals surface area (Å²) < 4.78 is 0.